The molecule has 1 saturated heterocycles. The van der Waals surface area contributed by atoms with Crippen LogP contribution < -0.4 is 5.32 Å². The summed E-state index contributed by atoms with van der Waals surface area (Å²) in [7, 11) is 0. The third kappa shape index (κ3) is 2.22. The zero-order valence-corrected chi connectivity index (χ0v) is 14.2. The number of hydrogen-bond acceptors (Lipinski definition) is 4. The second-order valence-electron chi connectivity index (χ2n) is 6.49. The van der Waals surface area contributed by atoms with E-state index in [1.165, 1.54) is 24.0 Å². The maximum Gasteiger partial charge on any atom is 0.175 e. The summed E-state index contributed by atoms with van der Waals surface area (Å²) in [6.45, 7) is 0.943. The van der Waals surface area contributed by atoms with Crippen molar-refractivity contribution in [1.82, 2.24) is 20.1 Å². The summed E-state index contributed by atoms with van der Waals surface area (Å²) >= 11 is 8.37. The third-order valence-corrected chi connectivity index (χ3v) is 6.65. The van der Waals surface area contributed by atoms with Crippen molar-refractivity contribution in [1.29, 1.82) is 0 Å². The van der Waals surface area contributed by atoms with Gasteiger partial charge in [-0.15, -0.1) is 21.5 Å². The van der Waals surface area contributed by atoms with Crippen LogP contribution in [0.2, 0.25) is 5.02 Å². The lowest BCUT2D eigenvalue weighted by Gasteiger charge is -2.27. The molecular formula is C17H17ClN4S. The van der Waals surface area contributed by atoms with Gasteiger partial charge in [-0.25, -0.2) is 0 Å². The average Bonchev–Trinajstić information content (AvgIpc) is 3.06. The summed E-state index contributed by atoms with van der Waals surface area (Å²) < 4.78 is 3.50. The number of aromatic nitrogens is 3. The molecule has 0 amide bonds. The van der Waals surface area contributed by atoms with Gasteiger partial charge in [0.15, 0.2) is 5.82 Å². The Morgan fingerprint density at radius 2 is 2.04 bits per heavy atom. The highest BCUT2D eigenvalue weighted by Gasteiger charge is 2.30. The van der Waals surface area contributed by atoms with Gasteiger partial charge in [-0.3, -0.25) is 0 Å². The molecule has 2 aliphatic heterocycles. The molecule has 1 aromatic carbocycles. The molecule has 0 aliphatic carbocycles. The highest BCUT2D eigenvalue weighted by atomic mass is 35.5. The molecule has 3 aromatic rings. The van der Waals surface area contributed by atoms with E-state index in [9.17, 15) is 0 Å². The largest absolute Gasteiger partial charge is 0.309 e. The monoisotopic (exact) mass is 344 g/mol. The predicted molar refractivity (Wildman–Crippen MR) is 94.1 cm³/mol. The molecule has 1 fully saturated rings. The van der Waals surface area contributed by atoms with Gasteiger partial charge in [0.2, 0.25) is 0 Å². The van der Waals surface area contributed by atoms with Gasteiger partial charge in [-0.05, 0) is 18.9 Å². The van der Waals surface area contributed by atoms with Crippen LogP contribution in [0.5, 0.6) is 0 Å². The van der Waals surface area contributed by atoms with Crippen molar-refractivity contribution in [2.75, 3.05) is 0 Å². The van der Waals surface area contributed by atoms with Gasteiger partial charge in [0, 0.05) is 35.1 Å². The fraction of sp³-hybridized carbons (Fsp3) is 0.412. The number of benzene rings is 1. The van der Waals surface area contributed by atoms with Crippen LogP contribution >= 0.6 is 22.9 Å². The summed E-state index contributed by atoms with van der Waals surface area (Å²) in [5, 5.41) is 14.7. The first-order valence-corrected chi connectivity index (χ1v) is 9.34. The van der Waals surface area contributed by atoms with Crippen molar-refractivity contribution in [3.05, 3.63) is 35.1 Å². The van der Waals surface area contributed by atoms with E-state index in [-0.39, 0.29) is 0 Å². The molecule has 6 heteroatoms. The van der Waals surface area contributed by atoms with Crippen LogP contribution in [-0.2, 0) is 13.0 Å². The number of fused-ring (bicyclic) bond motifs is 4. The molecule has 2 unspecified atom stereocenters. The SMILES string of the molecule is Clc1c(-c2nnc3n2CC2CCCC(C3)N2)sc2ccccc12. The van der Waals surface area contributed by atoms with Crippen LogP contribution in [0.15, 0.2) is 24.3 Å². The molecule has 23 heavy (non-hydrogen) atoms. The molecule has 0 saturated carbocycles. The van der Waals surface area contributed by atoms with E-state index in [0.29, 0.717) is 12.1 Å². The average molecular weight is 345 g/mol. The van der Waals surface area contributed by atoms with E-state index in [1.807, 2.05) is 6.07 Å². The van der Waals surface area contributed by atoms with E-state index in [4.69, 9.17) is 11.6 Å². The summed E-state index contributed by atoms with van der Waals surface area (Å²) in [5.74, 6) is 2.02. The van der Waals surface area contributed by atoms with E-state index in [1.54, 1.807) is 11.3 Å². The first kappa shape index (κ1) is 14.0. The second-order valence-corrected chi connectivity index (χ2v) is 7.92. The Hall–Kier alpha value is -1.43. The molecule has 5 rings (SSSR count). The molecule has 1 N–H and O–H groups in total. The first-order chi connectivity index (χ1) is 11.3. The summed E-state index contributed by atoms with van der Waals surface area (Å²) in [6, 6.07) is 9.34. The Morgan fingerprint density at radius 1 is 1.17 bits per heavy atom. The minimum absolute atomic E-state index is 0.526. The van der Waals surface area contributed by atoms with Crippen LogP contribution in [0, 0.1) is 0 Å². The van der Waals surface area contributed by atoms with Crippen LogP contribution in [0.4, 0.5) is 0 Å². The van der Waals surface area contributed by atoms with Crippen LogP contribution in [0.3, 0.4) is 0 Å². The van der Waals surface area contributed by atoms with E-state index in [0.717, 1.165) is 39.9 Å². The Balaban J connectivity index is 1.65. The Bertz CT molecular complexity index is 884. The molecule has 2 aliphatic rings. The van der Waals surface area contributed by atoms with Crippen molar-refractivity contribution >= 4 is 33.0 Å². The number of thiophene rings is 1. The van der Waals surface area contributed by atoms with Crippen LogP contribution in [-0.4, -0.2) is 26.8 Å². The highest BCUT2D eigenvalue weighted by molar-refractivity contribution is 7.23. The number of rotatable bonds is 1. The zero-order valence-electron chi connectivity index (χ0n) is 12.6. The highest BCUT2D eigenvalue weighted by Crippen LogP contribution is 2.41. The molecule has 0 radical (unpaired) electrons. The number of hydrogen-bond donors (Lipinski definition) is 1. The summed E-state index contributed by atoms with van der Waals surface area (Å²) in [6.07, 6.45) is 4.74. The van der Waals surface area contributed by atoms with Crippen molar-refractivity contribution < 1.29 is 0 Å². The number of nitrogens with one attached hydrogen (secondary N) is 1. The smallest absolute Gasteiger partial charge is 0.175 e. The van der Waals surface area contributed by atoms with Gasteiger partial charge in [0.1, 0.15) is 5.82 Å². The number of halogens is 1. The van der Waals surface area contributed by atoms with Crippen LogP contribution in [0.25, 0.3) is 20.8 Å². The molecular weight excluding hydrogens is 328 g/mol. The van der Waals surface area contributed by atoms with Gasteiger partial charge in [-0.2, -0.15) is 0 Å². The van der Waals surface area contributed by atoms with E-state index < -0.39 is 0 Å². The Labute approximate surface area is 143 Å². The predicted octanol–water partition coefficient (Wildman–Crippen LogP) is 3.88. The number of piperidine rings is 1. The fourth-order valence-electron chi connectivity index (χ4n) is 3.86. The van der Waals surface area contributed by atoms with Crippen molar-refractivity contribution in [3.63, 3.8) is 0 Å². The van der Waals surface area contributed by atoms with Gasteiger partial charge in [0.25, 0.3) is 0 Å². The lowest BCUT2D eigenvalue weighted by Crippen LogP contribution is -2.43. The quantitative estimate of drug-likeness (QED) is 0.728. The van der Waals surface area contributed by atoms with Gasteiger partial charge < -0.3 is 9.88 Å². The van der Waals surface area contributed by atoms with Gasteiger partial charge >= 0.3 is 0 Å². The normalized spacial score (nSPS) is 23.7. The maximum atomic E-state index is 6.66. The molecule has 0 spiro atoms. The van der Waals surface area contributed by atoms with Gasteiger partial charge in [-0.1, -0.05) is 36.2 Å². The Morgan fingerprint density at radius 3 is 2.96 bits per heavy atom. The fourth-order valence-corrected chi connectivity index (χ4v) is 5.37. The second kappa shape index (κ2) is 5.30. The summed E-state index contributed by atoms with van der Waals surface area (Å²) in [5.41, 5.74) is 0. The Kier molecular flexibility index (Phi) is 3.21. The molecule has 2 atom stereocenters. The standard InChI is InChI=1S/C17H17ClN4S/c18-15-12-6-1-2-7-13(12)23-16(15)17-21-20-14-8-10-4-3-5-11(19-10)9-22(14)17/h1-2,6-7,10-11,19H,3-5,8-9H2. The number of nitrogens with zero attached hydrogens (tertiary/aromatic N) is 3. The van der Waals surface area contributed by atoms with E-state index in [2.05, 4.69) is 38.3 Å². The maximum absolute atomic E-state index is 6.66. The molecule has 2 bridgehead atoms. The minimum atomic E-state index is 0.526. The summed E-state index contributed by atoms with van der Waals surface area (Å²) in [4.78, 5) is 1.04. The molecule has 118 valence electrons. The topological polar surface area (TPSA) is 42.7 Å². The first-order valence-electron chi connectivity index (χ1n) is 8.15. The minimum Gasteiger partial charge on any atom is -0.309 e. The van der Waals surface area contributed by atoms with Crippen molar-refractivity contribution in [2.45, 2.75) is 44.3 Å². The van der Waals surface area contributed by atoms with Crippen molar-refractivity contribution in [2.24, 2.45) is 0 Å². The molecule has 4 heterocycles. The molecule has 4 nitrogen and oxygen atoms in total. The van der Waals surface area contributed by atoms with Crippen molar-refractivity contribution in [3.8, 4) is 10.7 Å². The molecule has 2 aromatic heterocycles. The third-order valence-electron chi connectivity index (χ3n) is 4.97. The lowest BCUT2D eigenvalue weighted by atomic mass is 9.98. The van der Waals surface area contributed by atoms with Gasteiger partial charge in [0.05, 0.1) is 9.90 Å². The lowest BCUT2D eigenvalue weighted by molar-refractivity contribution is 0.315. The van der Waals surface area contributed by atoms with Crippen LogP contribution in [0.1, 0.15) is 25.1 Å². The zero-order chi connectivity index (χ0) is 15.4. The van der Waals surface area contributed by atoms with E-state index >= 15 is 0 Å².